The van der Waals surface area contributed by atoms with Crippen LogP contribution in [0.1, 0.15) is 88.9 Å². The molecule has 2 aromatic carbocycles. The van der Waals surface area contributed by atoms with E-state index in [1.807, 2.05) is 13.8 Å². The van der Waals surface area contributed by atoms with Crippen LogP contribution in [0, 0.1) is 22.7 Å². The van der Waals surface area contributed by atoms with Gasteiger partial charge in [-0.1, -0.05) is 67.5 Å². The maximum atomic E-state index is 14.6. The number of ketones is 2. The smallest absolute Gasteiger partial charge is 0.180 e. The van der Waals surface area contributed by atoms with E-state index in [4.69, 9.17) is 18.9 Å². The normalized spacial score (nSPS) is 15.6. The lowest BCUT2D eigenvalue weighted by Gasteiger charge is -2.38. The molecule has 0 spiro atoms. The molecule has 4 unspecified atom stereocenters. The molecule has 0 aliphatic rings. The van der Waals surface area contributed by atoms with Gasteiger partial charge in [0, 0.05) is 8.15 Å². The van der Waals surface area contributed by atoms with Crippen molar-refractivity contribution in [2.75, 3.05) is 28.4 Å². The van der Waals surface area contributed by atoms with E-state index in [1.54, 1.807) is 36.4 Å². The van der Waals surface area contributed by atoms with E-state index < -0.39 is 19.5 Å². The first kappa shape index (κ1) is 35.6. The second-order valence-corrected chi connectivity index (χ2v) is 15.4. The quantitative estimate of drug-likeness (QED) is 0.173. The largest absolute Gasteiger partial charge is 0.496 e. The van der Waals surface area contributed by atoms with Gasteiger partial charge in [-0.3, -0.25) is 9.59 Å². The van der Waals surface area contributed by atoms with Crippen molar-refractivity contribution in [1.29, 1.82) is 0 Å². The van der Waals surface area contributed by atoms with Crippen LogP contribution in [0.4, 0.5) is 0 Å². The Morgan fingerprint density at radius 2 is 0.905 bits per heavy atom. The lowest BCUT2D eigenvalue weighted by atomic mass is 9.82. The van der Waals surface area contributed by atoms with Crippen LogP contribution in [-0.4, -0.2) is 56.2 Å². The minimum atomic E-state index is -2.21. The van der Waals surface area contributed by atoms with Crippen molar-refractivity contribution in [3.05, 3.63) is 47.5 Å². The van der Waals surface area contributed by atoms with Gasteiger partial charge in [0.1, 0.15) is 34.1 Å². The molecule has 7 nitrogen and oxygen atoms in total. The number of rotatable bonds is 14. The van der Waals surface area contributed by atoms with Gasteiger partial charge in [0.25, 0.3) is 0 Å². The molecule has 0 bridgehead atoms. The van der Waals surface area contributed by atoms with Crippen molar-refractivity contribution in [3.8, 4) is 23.0 Å². The number of hydrogen-bond donors (Lipinski definition) is 1. The van der Waals surface area contributed by atoms with Crippen molar-refractivity contribution < 1.29 is 33.4 Å². The number of carbonyl (C=O) groups is 2. The Morgan fingerprint density at radius 1 is 0.643 bits per heavy atom. The summed E-state index contributed by atoms with van der Waals surface area (Å²) in [5, 5.41) is 0. The first-order valence-corrected chi connectivity index (χ1v) is 15.9. The van der Waals surface area contributed by atoms with Crippen molar-refractivity contribution in [3.63, 3.8) is 0 Å². The monoisotopic (exact) mass is 602 g/mol. The highest BCUT2D eigenvalue weighted by atomic mass is 31.1. The molecule has 2 aromatic rings. The SMILES string of the molecule is COc1cccc(OC)c1C(=O)C(C(C)CC(C)(C)C)P(O)C(C(=O)c1c(OC)cccc1OC)C(C)CC(C)(C)C. The zero-order valence-electron chi connectivity index (χ0n) is 27.5. The Kier molecular flexibility index (Phi) is 12.5. The third-order valence-electron chi connectivity index (χ3n) is 7.40. The minimum absolute atomic E-state index is 0.124. The summed E-state index contributed by atoms with van der Waals surface area (Å²) in [5.74, 6) is 0.394. The molecular weight excluding hydrogens is 551 g/mol. The van der Waals surface area contributed by atoms with Gasteiger partial charge in [0.2, 0.25) is 0 Å². The zero-order valence-corrected chi connectivity index (χ0v) is 28.4. The molecule has 42 heavy (non-hydrogen) atoms. The predicted molar refractivity (Wildman–Crippen MR) is 171 cm³/mol. The highest BCUT2D eigenvalue weighted by molar-refractivity contribution is 7.55. The summed E-state index contributed by atoms with van der Waals surface area (Å²) in [6, 6.07) is 10.4. The van der Waals surface area contributed by atoms with E-state index in [-0.39, 0.29) is 45.4 Å². The zero-order chi connectivity index (χ0) is 32.0. The van der Waals surface area contributed by atoms with Gasteiger partial charge >= 0.3 is 0 Å². The summed E-state index contributed by atoms with van der Waals surface area (Å²) >= 11 is 0. The van der Waals surface area contributed by atoms with Gasteiger partial charge < -0.3 is 23.8 Å². The van der Waals surface area contributed by atoms with Crippen LogP contribution in [0.25, 0.3) is 0 Å². The summed E-state index contributed by atoms with van der Waals surface area (Å²) in [5.41, 5.74) is -1.41. The standard InChI is InChI=1S/C34H51O7P/c1-21(19-33(3,4)5)31(29(35)27-23(38-9)15-13-16-24(27)39-10)42(37)32(22(2)20-34(6,7)8)30(36)28-25(40-11)17-14-18-26(28)41-12/h13-18,21-22,31-32,37H,19-20H2,1-12H3. The van der Waals surface area contributed by atoms with Crippen molar-refractivity contribution >= 4 is 19.7 Å². The Labute approximate surface area is 254 Å². The van der Waals surface area contributed by atoms with Crippen LogP contribution in [0.15, 0.2) is 36.4 Å². The summed E-state index contributed by atoms with van der Waals surface area (Å²) in [7, 11) is 3.82. The number of benzene rings is 2. The summed E-state index contributed by atoms with van der Waals surface area (Å²) in [4.78, 5) is 41.7. The molecule has 0 aliphatic carbocycles. The topological polar surface area (TPSA) is 91.3 Å². The molecule has 2 rings (SSSR count). The van der Waals surface area contributed by atoms with E-state index >= 15 is 0 Å². The van der Waals surface area contributed by atoms with E-state index in [2.05, 4.69) is 41.5 Å². The van der Waals surface area contributed by atoms with Crippen molar-refractivity contribution in [2.24, 2.45) is 22.7 Å². The summed E-state index contributed by atoms with van der Waals surface area (Å²) < 4.78 is 22.4. The van der Waals surface area contributed by atoms with E-state index in [9.17, 15) is 14.5 Å². The van der Waals surface area contributed by atoms with Crippen LogP contribution in [0.2, 0.25) is 0 Å². The number of carbonyl (C=O) groups excluding carboxylic acids is 2. The number of Topliss-reactive ketones (excluding diaryl/α,β-unsaturated/α-hetero) is 2. The lowest BCUT2D eigenvalue weighted by Crippen LogP contribution is -2.38. The van der Waals surface area contributed by atoms with Gasteiger partial charge in [-0.05, 0) is 59.8 Å². The molecule has 0 aromatic heterocycles. The van der Waals surface area contributed by atoms with Gasteiger partial charge in [-0.2, -0.15) is 0 Å². The third-order valence-corrected chi connectivity index (χ3v) is 10.0. The molecule has 1 N–H and O–H groups in total. The Balaban J connectivity index is 2.84. The van der Waals surface area contributed by atoms with Gasteiger partial charge in [0.05, 0.1) is 39.8 Å². The number of ether oxygens (including phenoxy) is 4. The Hall–Kier alpha value is -2.63. The maximum absolute atomic E-state index is 14.6. The fraction of sp³-hybridized carbons (Fsp3) is 0.588. The lowest BCUT2D eigenvalue weighted by molar-refractivity contribution is 0.0941. The second kappa shape index (κ2) is 14.7. The molecule has 0 fully saturated rings. The van der Waals surface area contributed by atoms with Crippen LogP contribution in [0.3, 0.4) is 0 Å². The van der Waals surface area contributed by atoms with Crippen LogP contribution in [-0.2, 0) is 0 Å². The molecule has 0 radical (unpaired) electrons. The number of methoxy groups -OCH3 is 4. The van der Waals surface area contributed by atoms with Crippen LogP contribution in [0.5, 0.6) is 23.0 Å². The fourth-order valence-electron chi connectivity index (χ4n) is 6.09. The van der Waals surface area contributed by atoms with E-state index in [0.29, 0.717) is 35.8 Å². The predicted octanol–water partition coefficient (Wildman–Crippen LogP) is 8.06. The van der Waals surface area contributed by atoms with Crippen molar-refractivity contribution in [1.82, 2.24) is 0 Å². The molecular formula is C34H51O7P. The first-order valence-electron chi connectivity index (χ1n) is 14.5. The minimum Gasteiger partial charge on any atom is -0.496 e. The Bertz CT molecular complexity index is 1070. The summed E-state index contributed by atoms with van der Waals surface area (Å²) in [6.45, 7) is 16.6. The second-order valence-electron chi connectivity index (χ2n) is 13.6. The van der Waals surface area contributed by atoms with E-state index in [1.165, 1.54) is 28.4 Å². The molecule has 0 heterocycles. The van der Waals surface area contributed by atoms with Gasteiger partial charge in [-0.15, -0.1) is 0 Å². The number of hydrogen-bond acceptors (Lipinski definition) is 7. The van der Waals surface area contributed by atoms with Crippen LogP contribution >= 0.6 is 8.15 Å². The maximum Gasteiger partial charge on any atom is 0.180 e. The summed E-state index contributed by atoms with van der Waals surface area (Å²) in [6.07, 6.45) is 1.32. The fourth-order valence-corrected chi connectivity index (χ4v) is 8.43. The molecule has 4 atom stereocenters. The van der Waals surface area contributed by atoms with Crippen molar-refractivity contribution in [2.45, 2.75) is 79.5 Å². The Morgan fingerprint density at radius 3 is 1.12 bits per heavy atom. The molecule has 234 valence electrons. The first-order chi connectivity index (χ1) is 19.5. The molecule has 0 saturated heterocycles. The average Bonchev–Trinajstić information content (AvgIpc) is 2.89. The van der Waals surface area contributed by atoms with Crippen LogP contribution < -0.4 is 18.9 Å². The molecule has 0 amide bonds. The third kappa shape index (κ3) is 8.70. The molecule has 0 saturated carbocycles. The molecule has 8 heteroatoms. The van der Waals surface area contributed by atoms with Gasteiger partial charge in [-0.25, -0.2) is 0 Å². The highest BCUT2D eigenvalue weighted by Gasteiger charge is 2.46. The van der Waals surface area contributed by atoms with E-state index in [0.717, 1.165) is 0 Å². The molecule has 0 aliphatic heterocycles. The highest BCUT2D eigenvalue weighted by Crippen LogP contribution is 2.55. The van der Waals surface area contributed by atoms with Gasteiger partial charge in [0.15, 0.2) is 11.6 Å². The average molecular weight is 603 g/mol.